The van der Waals surface area contributed by atoms with Gasteiger partial charge in [-0.3, -0.25) is 10.1 Å². The van der Waals surface area contributed by atoms with Gasteiger partial charge in [-0.05, 0) is 12.1 Å². The van der Waals surface area contributed by atoms with Gasteiger partial charge < -0.3 is 9.84 Å². The van der Waals surface area contributed by atoms with Crippen molar-refractivity contribution in [2.24, 2.45) is 0 Å². The molecule has 0 unspecified atom stereocenters. The quantitative estimate of drug-likeness (QED) is 0.314. The average Bonchev–Trinajstić information content (AvgIpc) is 2.41. The van der Waals surface area contributed by atoms with Crippen molar-refractivity contribution in [2.45, 2.75) is 0 Å². The molecule has 1 aliphatic rings. The van der Waals surface area contributed by atoms with Crippen LogP contribution in [0.1, 0.15) is 20.7 Å². The Labute approximate surface area is 82.0 Å². The van der Waals surface area contributed by atoms with Crippen molar-refractivity contribution in [3.8, 4) is 5.75 Å². The minimum absolute atomic E-state index is 0.204. The van der Waals surface area contributed by atoms with Gasteiger partial charge in [-0.1, -0.05) is 0 Å². The van der Waals surface area contributed by atoms with Crippen LogP contribution in [-0.2, 0) is 4.74 Å². The molecule has 15 heavy (non-hydrogen) atoms. The van der Waals surface area contributed by atoms with Gasteiger partial charge >= 0.3 is 17.6 Å². The number of fused-ring (bicyclic) bond motifs is 1. The highest BCUT2D eigenvalue weighted by Crippen LogP contribution is 2.35. The highest BCUT2D eigenvalue weighted by Gasteiger charge is 2.39. The third kappa shape index (κ3) is 1.13. The van der Waals surface area contributed by atoms with Gasteiger partial charge in [-0.2, -0.15) is 0 Å². The minimum Gasteiger partial charge on any atom is -0.502 e. The number of hydrogen-bond donors (Lipinski definition) is 1. The molecule has 1 aliphatic heterocycles. The molecule has 0 aliphatic carbocycles. The molecular formula is C8H3NO6. The summed E-state index contributed by atoms with van der Waals surface area (Å²) in [6.45, 7) is 0. The Morgan fingerprint density at radius 1 is 1.27 bits per heavy atom. The first-order valence-electron chi connectivity index (χ1n) is 3.79. The number of phenols is 1. The molecule has 0 radical (unpaired) electrons. The van der Waals surface area contributed by atoms with Crippen LogP contribution < -0.4 is 0 Å². The van der Waals surface area contributed by atoms with E-state index in [4.69, 9.17) is 0 Å². The van der Waals surface area contributed by atoms with Crippen molar-refractivity contribution in [3.63, 3.8) is 0 Å². The monoisotopic (exact) mass is 209 g/mol. The van der Waals surface area contributed by atoms with Gasteiger partial charge in [0.05, 0.1) is 10.5 Å². The predicted octanol–water partition coefficient (Wildman–Crippen LogP) is 0.611. The smallest absolute Gasteiger partial charge is 0.354 e. The Balaban J connectivity index is 2.81. The number of nitro groups is 1. The fraction of sp³-hybridized carbons (Fsp3) is 0. The number of cyclic esters (lactones) is 2. The fourth-order valence-corrected chi connectivity index (χ4v) is 1.33. The molecule has 7 heteroatoms. The second-order valence-corrected chi connectivity index (χ2v) is 2.79. The molecule has 1 aromatic rings. The SMILES string of the molecule is O=C1OC(=O)c2c1ccc(O)c2[N+](=O)[O-]. The first-order chi connectivity index (χ1) is 7.02. The van der Waals surface area contributed by atoms with Gasteiger partial charge in [0.25, 0.3) is 0 Å². The summed E-state index contributed by atoms with van der Waals surface area (Å²) in [4.78, 5) is 31.7. The number of benzene rings is 1. The van der Waals surface area contributed by atoms with Gasteiger partial charge in [0, 0.05) is 0 Å². The van der Waals surface area contributed by atoms with Crippen LogP contribution in [0.15, 0.2) is 12.1 Å². The van der Waals surface area contributed by atoms with Gasteiger partial charge in [-0.25, -0.2) is 9.59 Å². The first kappa shape index (κ1) is 9.13. The molecule has 1 aromatic carbocycles. The molecule has 0 saturated carbocycles. The van der Waals surface area contributed by atoms with E-state index < -0.39 is 33.9 Å². The summed E-state index contributed by atoms with van der Waals surface area (Å²) < 4.78 is 4.18. The molecule has 0 saturated heterocycles. The molecule has 76 valence electrons. The maximum atomic E-state index is 11.1. The van der Waals surface area contributed by atoms with Crippen molar-refractivity contribution in [2.75, 3.05) is 0 Å². The lowest BCUT2D eigenvalue weighted by molar-refractivity contribution is -0.386. The Kier molecular flexibility index (Phi) is 1.69. The van der Waals surface area contributed by atoms with Crippen molar-refractivity contribution < 1.29 is 24.4 Å². The molecular weight excluding hydrogens is 206 g/mol. The van der Waals surface area contributed by atoms with Crippen molar-refractivity contribution in [3.05, 3.63) is 33.4 Å². The molecule has 2 rings (SSSR count). The average molecular weight is 209 g/mol. The van der Waals surface area contributed by atoms with Crippen LogP contribution in [0.3, 0.4) is 0 Å². The van der Waals surface area contributed by atoms with Gasteiger partial charge in [0.15, 0.2) is 11.3 Å². The van der Waals surface area contributed by atoms with Crippen molar-refractivity contribution in [1.29, 1.82) is 0 Å². The van der Waals surface area contributed by atoms with E-state index >= 15 is 0 Å². The number of phenolic OH excluding ortho intramolecular Hbond substituents is 1. The van der Waals surface area contributed by atoms with Gasteiger partial charge in [0.2, 0.25) is 0 Å². The third-order valence-corrected chi connectivity index (χ3v) is 1.95. The number of esters is 2. The Morgan fingerprint density at radius 2 is 1.93 bits per heavy atom. The van der Waals surface area contributed by atoms with Crippen LogP contribution in [0.2, 0.25) is 0 Å². The molecule has 0 aromatic heterocycles. The Morgan fingerprint density at radius 3 is 2.53 bits per heavy atom. The van der Waals surface area contributed by atoms with E-state index in [1.54, 1.807) is 0 Å². The van der Waals surface area contributed by atoms with Crippen LogP contribution in [0.5, 0.6) is 5.75 Å². The van der Waals surface area contributed by atoms with Crippen LogP contribution in [0, 0.1) is 10.1 Å². The van der Waals surface area contributed by atoms with E-state index in [1.165, 1.54) is 0 Å². The zero-order chi connectivity index (χ0) is 11.2. The molecule has 0 atom stereocenters. The summed E-state index contributed by atoms with van der Waals surface area (Å²) in [7, 11) is 0. The third-order valence-electron chi connectivity index (χ3n) is 1.95. The first-order valence-corrected chi connectivity index (χ1v) is 3.79. The number of nitro benzene ring substituents is 1. The summed E-state index contributed by atoms with van der Waals surface area (Å²) in [5.74, 6) is -2.74. The summed E-state index contributed by atoms with van der Waals surface area (Å²) >= 11 is 0. The number of carbonyl (C=O) groups excluding carboxylic acids is 2. The topological polar surface area (TPSA) is 107 Å². The molecule has 0 amide bonds. The zero-order valence-electron chi connectivity index (χ0n) is 7.09. The maximum absolute atomic E-state index is 11.1. The van der Waals surface area contributed by atoms with Crippen LogP contribution in [0.4, 0.5) is 5.69 Å². The fourth-order valence-electron chi connectivity index (χ4n) is 1.33. The van der Waals surface area contributed by atoms with Crippen molar-refractivity contribution in [1.82, 2.24) is 0 Å². The predicted molar refractivity (Wildman–Crippen MR) is 44.5 cm³/mol. The maximum Gasteiger partial charge on any atom is 0.354 e. The van der Waals surface area contributed by atoms with Crippen LogP contribution in [0.25, 0.3) is 0 Å². The zero-order valence-corrected chi connectivity index (χ0v) is 7.09. The number of hydrogen-bond acceptors (Lipinski definition) is 6. The lowest BCUT2D eigenvalue weighted by atomic mass is 10.1. The van der Waals surface area contributed by atoms with E-state index in [1.807, 2.05) is 0 Å². The lowest BCUT2D eigenvalue weighted by Crippen LogP contribution is -2.01. The molecule has 7 nitrogen and oxygen atoms in total. The molecule has 0 spiro atoms. The Bertz CT molecular complexity index is 506. The highest BCUT2D eigenvalue weighted by atomic mass is 16.6. The molecule has 0 bridgehead atoms. The number of carbonyl (C=O) groups is 2. The van der Waals surface area contributed by atoms with E-state index in [9.17, 15) is 24.8 Å². The summed E-state index contributed by atoms with van der Waals surface area (Å²) in [6.07, 6.45) is 0. The molecule has 1 N–H and O–H groups in total. The highest BCUT2D eigenvalue weighted by molar-refractivity contribution is 6.17. The normalized spacial score (nSPS) is 13.6. The van der Waals surface area contributed by atoms with Crippen LogP contribution in [-0.4, -0.2) is 22.0 Å². The van der Waals surface area contributed by atoms with E-state index in [0.717, 1.165) is 12.1 Å². The second kappa shape index (κ2) is 2.77. The van der Waals surface area contributed by atoms with E-state index in [0.29, 0.717) is 0 Å². The molecule has 0 fully saturated rings. The molecule has 1 heterocycles. The van der Waals surface area contributed by atoms with Gasteiger partial charge in [0.1, 0.15) is 0 Å². The largest absolute Gasteiger partial charge is 0.502 e. The number of nitrogens with zero attached hydrogens (tertiary/aromatic N) is 1. The summed E-state index contributed by atoms with van der Waals surface area (Å²) in [6, 6.07) is 2.07. The number of rotatable bonds is 1. The van der Waals surface area contributed by atoms with Gasteiger partial charge in [-0.15, -0.1) is 0 Å². The summed E-state index contributed by atoms with van der Waals surface area (Å²) in [5.41, 5.74) is -1.50. The Hall–Kier alpha value is -2.44. The lowest BCUT2D eigenvalue weighted by Gasteiger charge is -1.97. The summed E-state index contributed by atoms with van der Waals surface area (Å²) in [5, 5.41) is 19.7. The van der Waals surface area contributed by atoms with Crippen molar-refractivity contribution >= 4 is 17.6 Å². The minimum atomic E-state index is -1.11. The number of aromatic hydroxyl groups is 1. The van der Waals surface area contributed by atoms with E-state index in [-0.39, 0.29) is 5.56 Å². The number of ether oxygens (including phenoxy) is 1. The van der Waals surface area contributed by atoms with Crippen LogP contribution >= 0.6 is 0 Å². The van der Waals surface area contributed by atoms with E-state index in [2.05, 4.69) is 4.74 Å². The standard InChI is InChI=1S/C8H3NO6/c10-4-2-1-3-5(6(4)9(13)14)8(12)15-7(3)11/h1-2,10H. The second-order valence-electron chi connectivity index (χ2n) is 2.79.